The Morgan fingerprint density at radius 1 is 1.04 bits per heavy atom. The zero-order chi connectivity index (χ0) is 17.2. The van der Waals surface area contributed by atoms with Gasteiger partial charge in [-0.1, -0.05) is 18.2 Å². The zero-order valence-corrected chi connectivity index (χ0v) is 12.8. The number of rotatable bonds is 4. The molecule has 0 aliphatic carbocycles. The number of nitrogens with one attached hydrogen (secondary N) is 1. The molecule has 122 valence electrons. The molecule has 0 atom stereocenters. The standard InChI is InChI=1S/C15H12F3NO3S/c1-23(21,22)12-5-3-2-4-9(12)8-13(20)19-11-7-6-10(16)14(17)15(11)18/h2-7H,8H2,1H3,(H,19,20). The van der Waals surface area contributed by atoms with Gasteiger partial charge in [-0.15, -0.1) is 0 Å². The predicted molar refractivity (Wildman–Crippen MR) is 78.2 cm³/mol. The van der Waals surface area contributed by atoms with Gasteiger partial charge in [-0.2, -0.15) is 0 Å². The van der Waals surface area contributed by atoms with Gasteiger partial charge in [0.25, 0.3) is 0 Å². The maximum atomic E-state index is 13.5. The quantitative estimate of drug-likeness (QED) is 0.868. The topological polar surface area (TPSA) is 63.2 Å². The van der Waals surface area contributed by atoms with Gasteiger partial charge in [0.15, 0.2) is 27.3 Å². The Balaban J connectivity index is 2.24. The number of sulfone groups is 1. The number of benzene rings is 2. The van der Waals surface area contributed by atoms with Crippen LogP contribution in [0.3, 0.4) is 0 Å². The van der Waals surface area contributed by atoms with Crippen molar-refractivity contribution in [3.05, 3.63) is 59.4 Å². The third-order valence-corrected chi connectivity index (χ3v) is 4.23. The predicted octanol–water partition coefficient (Wildman–Crippen LogP) is 2.69. The van der Waals surface area contributed by atoms with Gasteiger partial charge in [-0.3, -0.25) is 4.79 Å². The van der Waals surface area contributed by atoms with Crippen LogP contribution in [0.4, 0.5) is 18.9 Å². The summed E-state index contributed by atoms with van der Waals surface area (Å²) in [4.78, 5) is 11.9. The highest BCUT2D eigenvalue weighted by atomic mass is 32.2. The molecule has 4 nitrogen and oxygen atoms in total. The molecule has 0 spiro atoms. The molecule has 0 saturated heterocycles. The molecule has 2 aromatic rings. The van der Waals surface area contributed by atoms with Crippen molar-refractivity contribution in [3.8, 4) is 0 Å². The van der Waals surface area contributed by atoms with Crippen molar-refractivity contribution < 1.29 is 26.4 Å². The van der Waals surface area contributed by atoms with Crippen molar-refractivity contribution in [3.63, 3.8) is 0 Å². The van der Waals surface area contributed by atoms with E-state index in [9.17, 15) is 26.4 Å². The van der Waals surface area contributed by atoms with Crippen molar-refractivity contribution in [1.29, 1.82) is 0 Å². The van der Waals surface area contributed by atoms with Crippen LogP contribution >= 0.6 is 0 Å². The van der Waals surface area contributed by atoms with Crippen LogP contribution in [0.25, 0.3) is 0 Å². The van der Waals surface area contributed by atoms with E-state index in [0.29, 0.717) is 6.07 Å². The van der Waals surface area contributed by atoms with Gasteiger partial charge in [-0.25, -0.2) is 21.6 Å². The summed E-state index contributed by atoms with van der Waals surface area (Å²) in [6.07, 6.45) is 0.639. The minimum absolute atomic E-state index is 0.0269. The van der Waals surface area contributed by atoms with Crippen LogP contribution in [0.1, 0.15) is 5.56 Å². The maximum absolute atomic E-state index is 13.5. The van der Waals surface area contributed by atoms with E-state index in [0.717, 1.165) is 12.3 Å². The Labute approximate surface area is 130 Å². The van der Waals surface area contributed by atoms with E-state index in [1.165, 1.54) is 18.2 Å². The molecule has 0 unspecified atom stereocenters. The van der Waals surface area contributed by atoms with Gasteiger partial charge < -0.3 is 5.32 Å². The first-order chi connectivity index (χ1) is 10.7. The molecule has 0 fully saturated rings. The highest BCUT2D eigenvalue weighted by Crippen LogP contribution is 2.21. The van der Waals surface area contributed by atoms with Gasteiger partial charge in [-0.05, 0) is 23.8 Å². The highest BCUT2D eigenvalue weighted by Gasteiger charge is 2.18. The fraction of sp³-hybridized carbons (Fsp3) is 0.133. The second-order valence-electron chi connectivity index (χ2n) is 4.83. The van der Waals surface area contributed by atoms with Crippen molar-refractivity contribution >= 4 is 21.4 Å². The average molecular weight is 343 g/mol. The fourth-order valence-electron chi connectivity index (χ4n) is 2.00. The first-order valence-electron chi connectivity index (χ1n) is 6.41. The largest absolute Gasteiger partial charge is 0.323 e. The number of carbonyl (C=O) groups is 1. The summed E-state index contributed by atoms with van der Waals surface area (Å²) in [5.41, 5.74) is -0.304. The number of amides is 1. The van der Waals surface area contributed by atoms with E-state index in [-0.39, 0.29) is 16.9 Å². The summed E-state index contributed by atoms with van der Waals surface area (Å²) in [5.74, 6) is -5.34. The summed E-state index contributed by atoms with van der Waals surface area (Å²) in [6, 6.07) is 7.41. The molecule has 2 rings (SSSR count). The van der Waals surface area contributed by atoms with Gasteiger partial charge >= 0.3 is 0 Å². The number of carbonyl (C=O) groups excluding carboxylic acids is 1. The molecule has 8 heteroatoms. The summed E-state index contributed by atoms with van der Waals surface area (Å²) in [5, 5.41) is 2.09. The second kappa shape index (κ2) is 6.41. The lowest BCUT2D eigenvalue weighted by Gasteiger charge is -2.10. The molecule has 1 amide bonds. The van der Waals surface area contributed by atoms with Crippen LogP contribution in [0.15, 0.2) is 41.3 Å². The highest BCUT2D eigenvalue weighted by molar-refractivity contribution is 7.90. The molecule has 0 aliphatic heterocycles. The minimum Gasteiger partial charge on any atom is -0.323 e. The number of hydrogen-bond donors (Lipinski definition) is 1. The van der Waals surface area contributed by atoms with E-state index in [4.69, 9.17) is 0 Å². The normalized spacial score (nSPS) is 11.3. The van der Waals surface area contributed by atoms with Crippen LogP contribution in [0.5, 0.6) is 0 Å². The van der Waals surface area contributed by atoms with Gasteiger partial charge in [0.1, 0.15) is 0 Å². The van der Waals surface area contributed by atoms with Crippen LogP contribution in [-0.4, -0.2) is 20.6 Å². The Hall–Kier alpha value is -2.35. The summed E-state index contributed by atoms with van der Waals surface area (Å²) in [6.45, 7) is 0. The number of hydrogen-bond acceptors (Lipinski definition) is 3. The molecule has 0 heterocycles. The van der Waals surface area contributed by atoms with Crippen molar-refractivity contribution in [2.75, 3.05) is 11.6 Å². The lowest BCUT2D eigenvalue weighted by atomic mass is 10.1. The Kier molecular flexibility index (Phi) is 4.74. The Bertz CT molecular complexity index is 866. The first kappa shape index (κ1) is 17.0. The lowest BCUT2D eigenvalue weighted by Crippen LogP contribution is -2.17. The molecule has 23 heavy (non-hydrogen) atoms. The van der Waals surface area contributed by atoms with Crippen LogP contribution in [-0.2, 0) is 21.1 Å². The summed E-state index contributed by atoms with van der Waals surface area (Å²) < 4.78 is 62.7. The molecule has 1 N–H and O–H groups in total. The maximum Gasteiger partial charge on any atom is 0.228 e. The third-order valence-electron chi connectivity index (χ3n) is 3.03. The minimum atomic E-state index is -3.54. The SMILES string of the molecule is CS(=O)(=O)c1ccccc1CC(=O)Nc1ccc(F)c(F)c1F. The molecule has 0 radical (unpaired) electrons. The molecule has 0 bridgehead atoms. The van der Waals surface area contributed by atoms with Gasteiger partial charge in [0, 0.05) is 6.26 Å². The van der Waals surface area contributed by atoms with Crippen LogP contribution in [0, 0.1) is 17.5 Å². The molecule has 0 aliphatic rings. The van der Waals surface area contributed by atoms with E-state index in [2.05, 4.69) is 5.32 Å². The third kappa shape index (κ3) is 3.89. The lowest BCUT2D eigenvalue weighted by molar-refractivity contribution is -0.115. The van der Waals surface area contributed by atoms with Crippen LogP contribution < -0.4 is 5.32 Å². The molecular weight excluding hydrogens is 331 g/mol. The molecule has 0 saturated carbocycles. The Morgan fingerprint density at radius 2 is 1.70 bits per heavy atom. The zero-order valence-electron chi connectivity index (χ0n) is 11.9. The number of halogens is 3. The molecular formula is C15H12F3NO3S. The smallest absolute Gasteiger partial charge is 0.228 e. The second-order valence-corrected chi connectivity index (χ2v) is 6.81. The van der Waals surface area contributed by atoms with E-state index >= 15 is 0 Å². The average Bonchev–Trinajstić information content (AvgIpc) is 2.47. The molecule has 0 aromatic heterocycles. The van der Waals surface area contributed by atoms with Crippen molar-refractivity contribution in [2.45, 2.75) is 11.3 Å². The van der Waals surface area contributed by atoms with Crippen LogP contribution in [0.2, 0.25) is 0 Å². The van der Waals surface area contributed by atoms with Crippen molar-refractivity contribution in [1.82, 2.24) is 0 Å². The first-order valence-corrected chi connectivity index (χ1v) is 8.30. The summed E-state index contributed by atoms with van der Waals surface area (Å²) >= 11 is 0. The molecule has 2 aromatic carbocycles. The van der Waals surface area contributed by atoms with E-state index < -0.39 is 38.9 Å². The van der Waals surface area contributed by atoms with Gasteiger partial charge in [0.05, 0.1) is 17.0 Å². The Morgan fingerprint density at radius 3 is 2.35 bits per heavy atom. The fourth-order valence-corrected chi connectivity index (χ4v) is 2.94. The van der Waals surface area contributed by atoms with Gasteiger partial charge in [0.2, 0.25) is 5.91 Å². The monoisotopic (exact) mass is 343 g/mol. The van der Waals surface area contributed by atoms with E-state index in [1.54, 1.807) is 6.07 Å². The van der Waals surface area contributed by atoms with Crippen molar-refractivity contribution in [2.24, 2.45) is 0 Å². The summed E-state index contributed by atoms with van der Waals surface area (Å²) in [7, 11) is -3.54. The van der Waals surface area contributed by atoms with E-state index in [1.807, 2.05) is 0 Å². The number of anilines is 1.